The SMILES string of the molecule is C[Si](C)(C)CC#CCCC(O)c1ccccc1. The first-order chi connectivity index (χ1) is 7.99. The Hall–Kier alpha value is -1.04. The molecular weight excluding hydrogens is 224 g/mol. The number of rotatable bonds is 4. The van der Waals surface area contributed by atoms with Gasteiger partial charge in [0.2, 0.25) is 0 Å². The van der Waals surface area contributed by atoms with Crippen molar-refractivity contribution in [1.29, 1.82) is 0 Å². The van der Waals surface area contributed by atoms with Gasteiger partial charge >= 0.3 is 0 Å². The van der Waals surface area contributed by atoms with Gasteiger partial charge in [0.15, 0.2) is 0 Å². The maximum absolute atomic E-state index is 9.92. The van der Waals surface area contributed by atoms with Crippen molar-refractivity contribution in [2.45, 2.75) is 44.6 Å². The third-order valence-electron chi connectivity index (χ3n) is 2.47. The molecule has 1 aromatic rings. The Labute approximate surface area is 106 Å². The number of aliphatic hydroxyl groups excluding tert-OH is 1. The minimum absolute atomic E-state index is 0.377. The molecule has 2 heteroatoms. The van der Waals surface area contributed by atoms with Gasteiger partial charge < -0.3 is 5.11 Å². The highest BCUT2D eigenvalue weighted by atomic mass is 28.3. The lowest BCUT2D eigenvalue weighted by Gasteiger charge is -2.10. The third-order valence-corrected chi connectivity index (χ3v) is 3.71. The van der Waals surface area contributed by atoms with Gasteiger partial charge in [0, 0.05) is 12.5 Å². The first kappa shape index (κ1) is 14.0. The molecule has 0 aliphatic carbocycles. The lowest BCUT2D eigenvalue weighted by molar-refractivity contribution is 0.169. The van der Waals surface area contributed by atoms with E-state index in [1.54, 1.807) is 0 Å². The van der Waals surface area contributed by atoms with Gasteiger partial charge in [-0.05, 0) is 12.0 Å². The molecule has 1 nitrogen and oxygen atoms in total. The molecule has 1 N–H and O–H groups in total. The van der Waals surface area contributed by atoms with Gasteiger partial charge in [-0.1, -0.05) is 50.0 Å². The summed E-state index contributed by atoms with van der Waals surface area (Å²) in [5.74, 6) is 6.40. The number of benzene rings is 1. The van der Waals surface area contributed by atoms with Crippen LogP contribution in [0.4, 0.5) is 0 Å². The smallest absolute Gasteiger partial charge is 0.0799 e. The van der Waals surface area contributed by atoms with Gasteiger partial charge in [0.25, 0.3) is 0 Å². The molecule has 0 spiro atoms. The number of hydrogen-bond donors (Lipinski definition) is 1. The van der Waals surface area contributed by atoms with Crippen molar-refractivity contribution < 1.29 is 5.11 Å². The molecule has 0 aliphatic heterocycles. The Kier molecular flexibility index (Phi) is 5.47. The molecule has 0 radical (unpaired) electrons. The average molecular weight is 246 g/mol. The predicted octanol–water partition coefficient (Wildman–Crippen LogP) is 3.84. The summed E-state index contributed by atoms with van der Waals surface area (Å²) in [5, 5.41) is 9.92. The highest BCUT2D eigenvalue weighted by molar-refractivity contribution is 6.76. The van der Waals surface area contributed by atoms with Crippen LogP contribution in [0.1, 0.15) is 24.5 Å². The van der Waals surface area contributed by atoms with Crippen molar-refractivity contribution in [2.75, 3.05) is 0 Å². The van der Waals surface area contributed by atoms with E-state index in [1.165, 1.54) is 0 Å². The fourth-order valence-electron chi connectivity index (χ4n) is 1.47. The van der Waals surface area contributed by atoms with Gasteiger partial charge in [0.05, 0.1) is 14.2 Å². The maximum Gasteiger partial charge on any atom is 0.0799 e. The van der Waals surface area contributed by atoms with Gasteiger partial charge in [-0.3, -0.25) is 0 Å². The maximum atomic E-state index is 9.92. The van der Waals surface area contributed by atoms with E-state index in [1.807, 2.05) is 30.3 Å². The monoisotopic (exact) mass is 246 g/mol. The average Bonchev–Trinajstić information content (AvgIpc) is 2.28. The van der Waals surface area contributed by atoms with Crippen LogP contribution < -0.4 is 0 Å². The van der Waals surface area contributed by atoms with Gasteiger partial charge in [-0.15, -0.1) is 11.8 Å². The van der Waals surface area contributed by atoms with Crippen molar-refractivity contribution in [1.82, 2.24) is 0 Å². The molecule has 1 aromatic carbocycles. The Morgan fingerprint density at radius 1 is 1.12 bits per heavy atom. The Balaban J connectivity index is 2.32. The van der Waals surface area contributed by atoms with Crippen molar-refractivity contribution >= 4 is 8.07 Å². The molecule has 0 aliphatic rings. The topological polar surface area (TPSA) is 20.2 Å². The van der Waals surface area contributed by atoms with E-state index in [-0.39, 0.29) is 6.10 Å². The summed E-state index contributed by atoms with van der Waals surface area (Å²) in [4.78, 5) is 0. The third kappa shape index (κ3) is 6.30. The van der Waals surface area contributed by atoms with Crippen LogP contribution in [-0.2, 0) is 0 Å². The highest BCUT2D eigenvalue weighted by Crippen LogP contribution is 2.17. The molecule has 0 saturated carbocycles. The summed E-state index contributed by atoms with van der Waals surface area (Å²) in [6.45, 7) is 6.96. The molecule has 0 fully saturated rings. The number of hydrogen-bond acceptors (Lipinski definition) is 1. The summed E-state index contributed by atoms with van der Waals surface area (Å²) in [7, 11) is -1.03. The zero-order valence-electron chi connectivity index (χ0n) is 11.0. The van der Waals surface area contributed by atoms with E-state index >= 15 is 0 Å². The zero-order valence-corrected chi connectivity index (χ0v) is 12.0. The summed E-state index contributed by atoms with van der Waals surface area (Å²) >= 11 is 0. The minimum Gasteiger partial charge on any atom is -0.388 e. The van der Waals surface area contributed by atoms with Crippen LogP contribution in [0.5, 0.6) is 0 Å². The fraction of sp³-hybridized carbons (Fsp3) is 0.467. The molecule has 0 amide bonds. The molecule has 17 heavy (non-hydrogen) atoms. The lowest BCUT2D eigenvalue weighted by Crippen LogP contribution is -2.17. The fourth-order valence-corrected chi connectivity index (χ4v) is 2.12. The van der Waals surface area contributed by atoms with Crippen LogP contribution in [0.25, 0.3) is 0 Å². The first-order valence-corrected chi connectivity index (χ1v) is 9.88. The zero-order chi connectivity index (χ0) is 12.7. The Morgan fingerprint density at radius 3 is 2.35 bits per heavy atom. The molecule has 1 rings (SSSR count). The Bertz CT molecular complexity index is 381. The summed E-state index contributed by atoms with van der Waals surface area (Å²) in [6.07, 6.45) is 1.13. The standard InChI is InChI=1S/C15H22OSi/c1-17(2,3)13-9-5-8-12-15(16)14-10-6-4-7-11-14/h4,6-7,10-11,15-16H,8,12-13H2,1-3H3. The van der Waals surface area contributed by atoms with Crippen molar-refractivity contribution in [3.63, 3.8) is 0 Å². The minimum atomic E-state index is -1.03. The van der Waals surface area contributed by atoms with E-state index in [9.17, 15) is 5.11 Å². The summed E-state index contributed by atoms with van der Waals surface area (Å²) < 4.78 is 0. The van der Waals surface area contributed by atoms with Crippen LogP contribution in [0.2, 0.25) is 25.7 Å². The van der Waals surface area contributed by atoms with Crippen LogP contribution >= 0.6 is 0 Å². The summed E-state index contributed by atoms with van der Waals surface area (Å²) in [6, 6.07) is 10.8. The first-order valence-electron chi connectivity index (χ1n) is 6.18. The van der Waals surface area contributed by atoms with Gasteiger partial charge in [0.1, 0.15) is 0 Å². The molecule has 0 bridgehead atoms. The molecule has 1 atom stereocenters. The molecule has 92 valence electrons. The molecule has 1 unspecified atom stereocenters. The normalized spacial score (nSPS) is 12.7. The van der Waals surface area contributed by atoms with Crippen molar-refractivity contribution in [2.24, 2.45) is 0 Å². The second-order valence-electron chi connectivity index (χ2n) is 5.56. The van der Waals surface area contributed by atoms with E-state index < -0.39 is 8.07 Å². The largest absolute Gasteiger partial charge is 0.388 e. The van der Waals surface area contributed by atoms with Crippen molar-refractivity contribution in [3.05, 3.63) is 35.9 Å². The van der Waals surface area contributed by atoms with Crippen LogP contribution in [0, 0.1) is 11.8 Å². The van der Waals surface area contributed by atoms with E-state index in [0.717, 1.165) is 24.4 Å². The molecule has 0 heterocycles. The van der Waals surface area contributed by atoms with Crippen LogP contribution in [-0.4, -0.2) is 13.2 Å². The molecule has 0 saturated heterocycles. The second-order valence-corrected chi connectivity index (χ2v) is 11.0. The van der Waals surface area contributed by atoms with E-state index in [4.69, 9.17) is 0 Å². The predicted molar refractivity (Wildman–Crippen MR) is 76.6 cm³/mol. The molecule has 0 aromatic heterocycles. The van der Waals surface area contributed by atoms with E-state index in [0.29, 0.717) is 0 Å². The lowest BCUT2D eigenvalue weighted by atomic mass is 10.1. The van der Waals surface area contributed by atoms with Gasteiger partial charge in [-0.25, -0.2) is 0 Å². The highest BCUT2D eigenvalue weighted by Gasteiger charge is 2.09. The Morgan fingerprint density at radius 2 is 1.76 bits per heavy atom. The number of aliphatic hydroxyl groups is 1. The second kappa shape index (κ2) is 6.63. The molecular formula is C15H22OSi. The van der Waals surface area contributed by atoms with E-state index in [2.05, 4.69) is 31.5 Å². The van der Waals surface area contributed by atoms with Crippen LogP contribution in [0.3, 0.4) is 0 Å². The summed E-state index contributed by atoms with van der Waals surface area (Å²) in [5.41, 5.74) is 0.986. The van der Waals surface area contributed by atoms with Gasteiger partial charge in [-0.2, -0.15) is 0 Å². The van der Waals surface area contributed by atoms with Crippen LogP contribution in [0.15, 0.2) is 30.3 Å². The van der Waals surface area contributed by atoms with Crippen molar-refractivity contribution in [3.8, 4) is 11.8 Å². The quantitative estimate of drug-likeness (QED) is 0.632.